The molecule has 0 saturated carbocycles. The SMILES string of the molecule is C.C.C.CSc1ccc(C)cc1.Clc1ccc(Cl)cc1.S.[Cl-].[Na+].[Na][Na]. The second kappa shape index (κ2) is 31.7. The number of halogens is 3. The Bertz CT molecular complexity index is 435. The van der Waals surface area contributed by atoms with Crippen LogP contribution in [0.5, 0.6) is 0 Å². The fourth-order valence-corrected chi connectivity index (χ4v) is 1.76. The van der Waals surface area contributed by atoms with Crippen LogP contribution < -0.4 is 42.0 Å². The summed E-state index contributed by atoms with van der Waals surface area (Å²) in [5, 5.41) is 1.43. The van der Waals surface area contributed by atoms with E-state index in [-0.39, 0.29) is 77.7 Å². The normalized spacial score (nSPS) is 6.72. The van der Waals surface area contributed by atoms with Gasteiger partial charge in [0.1, 0.15) is 0 Å². The fourth-order valence-electron chi connectivity index (χ4n) is 1.10. The Balaban J connectivity index is -0.0000000388. The zero-order valence-corrected chi connectivity index (χ0v) is 23.7. The fraction of sp³-hybridized carbons (Fsp3) is 0.294. The molecule has 0 aromatic heterocycles. The Hall–Kier alpha value is 3.01. The van der Waals surface area contributed by atoms with Crippen molar-refractivity contribution in [1.29, 1.82) is 0 Å². The van der Waals surface area contributed by atoms with Gasteiger partial charge in [-0.15, -0.1) is 11.8 Å². The van der Waals surface area contributed by atoms with E-state index >= 15 is 0 Å². The van der Waals surface area contributed by atoms with Gasteiger partial charge in [0.25, 0.3) is 0 Å². The molecule has 132 valence electrons. The Morgan fingerprint density at radius 2 is 1.04 bits per heavy atom. The van der Waals surface area contributed by atoms with Gasteiger partial charge in [-0.25, -0.2) is 0 Å². The third-order valence-corrected chi connectivity index (χ3v) is 3.31. The van der Waals surface area contributed by atoms with Gasteiger partial charge in [-0.1, -0.05) is 63.2 Å². The first kappa shape index (κ1) is 46.3. The van der Waals surface area contributed by atoms with Gasteiger partial charge < -0.3 is 12.4 Å². The molecule has 0 nitrogen and oxygen atoms in total. The Morgan fingerprint density at radius 3 is 1.28 bits per heavy atom. The van der Waals surface area contributed by atoms with E-state index in [0.717, 1.165) is 10.0 Å². The van der Waals surface area contributed by atoms with Crippen LogP contribution in [0.25, 0.3) is 0 Å². The molecule has 0 amide bonds. The van der Waals surface area contributed by atoms with Gasteiger partial charge in [0.05, 0.1) is 0 Å². The van der Waals surface area contributed by atoms with Crippen molar-refractivity contribution in [3.05, 3.63) is 64.1 Å². The molecule has 0 aliphatic heterocycles. The number of thioether (sulfide) groups is 1. The molecule has 8 heteroatoms. The van der Waals surface area contributed by atoms with E-state index in [0.29, 0.717) is 0 Å². The van der Waals surface area contributed by atoms with E-state index in [1.54, 1.807) is 36.0 Å². The summed E-state index contributed by atoms with van der Waals surface area (Å²) in [6, 6.07) is 15.6. The Kier molecular flexibility index (Phi) is 58.7. The zero-order valence-electron chi connectivity index (χ0n) is 13.7. The van der Waals surface area contributed by atoms with Crippen molar-refractivity contribution in [3.63, 3.8) is 0 Å². The number of hydrogen-bond donors (Lipinski definition) is 0. The van der Waals surface area contributed by atoms with Crippen molar-refractivity contribution in [1.82, 2.24) is 0 Å². The molecule has 0 bridgehead atoms. The summed E-state index contributed by atoms with van der Waals surface area (Å²) in [6.45, 7) is 2.10. The number of rotatable bonds is 1. The van der Waals surface area contributed by atoms with Crippen LogP contribution in [0, 0.1) is 6.92 Å². The molecule has 0 spiro atoms. The van der Waals surface area contributed by atoms with Crippen molar-refractivity contribution in [2.75, 3.05) is 6.26 Å². The number of benzene rings is 2. The quantitative estimate of drug-likeness (QED) is 0.441. The summed E-state index contributed by atoms with van der Waals surface area (Å²) >= 11 is 15.8. The van der Waals surface area contributed by atoms with Crippen LogP contribution in [0.2, 0.25) is 10.0 Å². The van der Waals surface area contributed by atoms with Crippen LogP contribution in [-0.4, -0.2) is 49.9 Å². The minimum atomic E-state index is 0. The van der Waals surface area contributed by atoms with E-state index in [4.69, 9.17) is 23.2 Å². The summed E-state index contributed by atoms with van der Waals surface area (Å²) in [6.07, 6.45) is 2.09. The summed E-state index contributed by atoms with van der Waals surface area (Å²) in [5.74, 6) is 0. The molecule has 0 atom stereocenters. The summed E-state index contributed by atoms with van der Waals surface area (Å²) in [7, 11) is 0. The van der Waals surface area contributed by atoms with Gasteiger partial charge in [-0.05, 0) is 49.6 Å². The molecule has 0 heterocycles. The van der Waals surface area contributed by atoms with Crippen molar-refractivity contribution in [3.8, 4) is 0 Å². The van der Waals surface area contributed by atoms with Gasteiger partial charge >= 0.3 is 73.2 Å². The second-order valence-corrected chi connectivity index (χ2v) is 5.21. The van der Waals surface area contributed by atoms with Crippen LogP contribution in [0.1, 0.15) is 27.8 Å². The Morgan fingerprint density at radius 1 is 0.760 bits per heavy atom. The van der Waals surface area contributed by atoms with Crippen LogP contribution in [0.3, 0.4) is 0 Å². The molecule has 0 fully saturated rings. The molecule has 2 aromatic rings. The van der Waals surface area contributed by atoms with Crippen LogP contribution in [0.15, 0.2) is 53.4 Å². The molecule has 25 heavy (non-hydrogen) atoms. The van der Waals surface area contributed by atoms with E-state index in [9.17, 15) is 0 Å². The monoisotopic (exact) mass is 470 g/mol. The van der Waals surface area contributed by atoms with E-state index in [1.165, 1.54) is 54.1 Å². The third-order valence-electron chi connectivity index (χ3n) is 2.06. The van der Waals surface area contributed by atoms with Crippen molar-refractivity contribution in [2.24, 2.45) is 0 Å². The molecular formula is C17H28Cl3Na3S2. The summed E-state index contributed by atoms with van der Waals surface area (Å²) in [4.78, 5) is 1.33. The molecule has 2 aromatic carbocycles. The minimum absolute atomic E-state index is 0. The van der Waals surface area contributed by atoms with Crippen LogP contribution in [0.4, 0.5) is 0 Å². The van der Waals surface area contributed by atoms with Crippen LogP contribution >= 0.6 is 48.5 Å². The zero-order chi connectivity index (χ0) is 14.7. The van der Waals surface area contributed by atoms with Gasteiger partial charge in [0.15, 0.2) is 0 Å². The first-order valence-corrected chi connectivity index (χ1v) is 16.1. The van der Waals surface area contributed by atoms with Gasteiger partial charge in [-0.3, -0.25) is 0 Å². The number of aryl methyl sites for hydroxylation is 1. The first-order chi connectivity index (χ1) is 9.11. The van der Waals surface area contributed by atoms with E-state index in [2.05, 4.69) is 37.4 Å². The van der Waals surface area contributed by atoms with Gasteiger partial charge in [0.2, 0.25) is 0 Å². The standard InChI is InChI=1S/C8H10S.C6H4Cl2.3CH4.ClH.3Na.H2S/c1-7-3-5-8(9-2)6-4-7;7-5-1-2-6(8)4-3-5;;;;;;;;/h3-6H,1-2H3;1-4H;3*1H4;1H;;;;1H2/q;;;;;;;;+1;/p-1. The summed E-state index contributed by atoms with van der Waals surface area (Å²) < 4.78 is 0. The molecule has 2 rings (SSSR count). The predicted molar refractivity (Wildman–Crippen MR) is 122 cm³/mol. The molecular weight excluding hydrogens is 444 g/mol. The van der Waals surface area contributed by atoms with Crippen molar-refractivity contribution < 1.29 is 42.0 Å². The predicted octanol–water partition coefficient (Wildman–Crippen LogP) is 0.978. The average molecular weight is 472 g/mol. The van der Waals surface area contributed by atoms with Crippen molar-refractivity contribution in [2.45, 2.75) is 34.1 Å². The van der Waals surface area contributed by atoms with E-state index < -0.39 is 0 Å². The molecule has 0 saturated heterocycles. The molecule has 0 radical (unpaired) electrons. The molecule has 0 aliphatic rings. The Labute approximate surface area is 234 Å². The average Bonchev–Trinajstić information content (AvgIpc) is 2.46. The first-order valence-electron chi connectivity index (χ1n) is 6.13. The maximum atomic E-state index is 5.55. The topological polar surface area (TPSA) is 0 Å². The number of hydrogen-bond acceptors (Lipinski definition) is 1. The van der Waals surface area contributed by atoms with Gasteiger partial charge in [0, 0.05) is 14.9 Å². The molecule has 0 N–H and O–H groups in total. The van der Waals surface area contributed by atoms with Gasteiger partial charge in [-0.2, -0.15) is 13.5 Å². The van der Waals surface area contributed by atoms with Crippen LogP contribution in [-0.2, 0) is 0 Å². The molecule has 0 aliphatic carbocycles. The maximum absolute atomic E-state index is 5.55. The molecule has 0 unspecified atom stereocenters. The van der Waals surface area contributed by atoms with E-state index in [1.807, 2.05) is 0 Å². The second-order valence-electron chi connectivity index (χ2n) is 3.45. The van der Waals surface area contributed by atoms with Crippen molar-refractivity contribution >= 4 is 92.1 Å². The third kappa shape index (κ3) is 27.0. The summed E-state index contributed by atoms with van der Waals surface area (Å²) in [5.41, 5.74) is 1.33.